The van der Waals surface area contributed by atoms with Gasteiger partial charge >= 0.3 is 5.97 Å². The highest BCUT2D eigenvalue weighted by molar-refractivity contribution is 8.16. The van der Waals surface area contributed by atoms with Crippen molar-refractivity contribution in [2.24, 2.45) is 4.03 Å². The lowest BCUT2D eigenvalue weighted by atomic mass is 10.2. The quantitative estimate of drug-likeness (QED) is 0.472. The van der Waals surface area contributed by atoms with Gasteiger partial charge in [-0.2, -0.15) is 0 Å². The first-order valence-corrected chi connectivity index (χ1v) is 11.7. The smallest absolute Gasteiger partial charge is 0.340 e. The molecule has 1 aromatic rings. The molecular weight excluding hydrogens is 328 g/mol. The zero-order valence-corrected chi connectivity index (χ0v) is 15.7. The molecule has 0 saturated heterocycles. The topological polar surface area (TPSA) is 68.6 Å². The summed E-state index contributed by atoms with van der Waals surface area (Å²) in [6.07, 6.45) is 1.44. The standard InChI is InChI=1S/C13H21ClN2O3SSi/c1-13(2,3)21(5,6)16-20(14,18)11-10(12(17)19-4)8-7-9-15-11/h7-9H,1-6H3. The summed E-state index contributed by atoms with van der Waals surface area (Å²) in [4.78, 5) is 15.8. The Morgan fingerprint density at radius 2 is 2.00 bits per heavy atom. The maximum absolute atomic E-state index is 12.9. The van der Waals surface area contributed by atoms with E-state index in [1.54, 1.807) is 6.07 Å². The fraction of sp³-hybridized carbons (Fsp3) is 0.538. The third-order valence-electron chi connectivity index (χ3n) is 3.60. The summed E-state index contributed by atoms with van der Waals surface area (Å²) in [6.45, 7) is 10.1. The summed E-state index contributed by atoms with van der Waals surface area (Å²) in [5, 5.41) is -0.145. The summed E-state index contributed by atoms with van der Waals surface area (Å²) < 4.78 is 22.0. The van der Waals surface area contributed by atoms with Gasteiger partial charge in [-0.15, -0.1) is 0 Å². The SMILES string of the molecule is COC(=O)c1cccnc1S(=O)(Cl)=N[Si](C)(C)C(C)(C)C. The van der Waals surface area contributed by atoms with Crippen molar-refractivity contribution < 1.29 is 13.7 Å². The number of aromatic nitrogens is 1. The minimum atomic E-state index is -3.29. The lowest BCUT2D eigenvalue weighted by Crippen LogP contribution is -2.36. The van der Waals surface area contributed by atoms with Crippen LogP contribution in [0.15, 0.2) is 27.4 Å². The molecule has 0 amide bonds. The normalized spacial score (nSPS) is 15.2. The van der Waals surface area contributed by atoms with E-state index in [1.165, 1.54) is 19.4 Å². The minimum absolute atomic E-state index is 0.0247. The fourth-order valence-electron chi connectivity index (χ4n) is 1.33. The molecule has 118 valence electrons. The summed E-state index contributed by atoms with van der Waals surface area (Å²) in [7, 11) is 1.88. The van der Waals surface area contributed by atoms with Crippen LogP contribution in [-0.4, -0.2) is 30.5 Å². The van der Waals surface area contributed by atoms with Crippen LogP contribution in [0.1, 0.15) is 31.1 Å². The first-order chi connectivity index (χ1) is 9.42. The molecule has 0 bridgehead atoms. The van der Waals surface area contributed by atoms with Crippen LogP contribution >= 0.6 is 10.7 Å². The van der Waals surface area contributed by atoms with Gasteiger partial charge in [-0.25, -0.2) is 14.0 Å². The molecule has 21 heavy (non-hydrogen) atoms. The van der Waals surface area contributed by atoms with E-state index >= 15 is 0 Å². The van der Waals surface area contributed by atoms with E-state index in [1.807, 2.05) is 33.9 Å². The Bertz CT molecular complexity index is 662. The van der Waals surface area contributed by atoms with Gasteiger partial charge in [0.2, 0.25) is 0 Å². The van der Waals surface area contributed by atoms with Crippen molar-refractivity contribution in [2.75, 3.05) is 7.11 Å². The molecule has 0 aliphatic carbocycles. The molecule has 0 aliphatic heterocycles. The highest BCUT2D eigenvalue weighted by atomic mass is 35.7. The Morgan fingerprint density at radius 3 is 2.48 bits per heavy atom. The van der Waals surface area contributed by atoms with Gasteiger partial charge in [-0.1, -0.05) is 20.8 Å². The first kappa shape index (κ1) is 18.1. The Balaban J connectivity index is 3.53. The van der Waals surface area contributed by atoms with E-state index < -0.39 is 23.1 Å². The number of ether oxygens (including phenoxy) is 1. The molecule has 0 fully saturated rings. The number of nitrogens with zero attached hydrogens (tertiary/aromatic N) is 2. The van der Waals surface area contributed by atoms with Crippen molar-refractivity contribution >= 4 is 33.8 Å². The molecule has 0 radical (unpaired) electrons. The largest absolute Gasteiger partial charge is 0.465 e. The molecule has 1 rings (SSSR count). The summed E-state index contributed by atoms with van der Waals surface area (Å²) in [5.41, 5.74) is 0.0856. The lowest BCUT2D eigenvalue weighted by Gasteiger charge is -2.32. The Hall–Kier alpha value is -0.923. The number of esters is 1. The zero-order valence-electron chi connectivity index (χ0n) is 13.1. The van der Waals surface area contributed by atoms with Gasteiger partial charge in [0.25, 0.3) is 0 Å². The highest BCUT2D eigenvalue weighted by Crippen LogP contribution is 2.39. The van der Waals surface area contributed by atoms with Gasteiger partial charge in [0.05, 0.1) is 12.7 Å². The average molecular weight is 349 g/mol. The molecule has 0 aromatic carbocycles. The molecule has 0 saturated carbocycles. The Labute approximate surface area is 131 Å². The molecule has 8 heteroatoms. The monoisotopic (exact) mass is 348 g/mol. The van der Waals surface area contributed by atoms with Crippen molar-refractivity contribution in [2.45, 2.75) is 43.9 Å². The summed E-state index contributed by atoms with van der Waals surface area (Å²) in [6, 6.07) is 3.05. The number of hydrogen-bond acceptors (Lipinski definition) is 5. The molecular formula is C13H21ClN2O3SSi. The van der Waals surface area contributed by atoms with Crippen molar-refractivity contribution in [3.05, 3.63) is 23.9 Å². The molecule has 1 heterocycles. The third-order valence-corrected chi connectivity index (χ3v) is 11.9. The molecule has 1 atom stereocenters. The molecule has 5 nitrogen and oxygen atoms in total. The van der Waals surface area contributed by atoms with E-state index in [2.05, 4.69) is 13.7 Å². The number of rotatable bonds is 3. The molecule has 1 unspecified atom stereocenters. The number of carbonyl (C=O) groups excluding carboxylic acids is 1. The minimum Gasteiger partial charge on any atom is -0.465 e. The molecule has 0 aliphatic rings. The molecule has 1 aromatic heterocycles. The van der Waals surface area contributed by atoms with E-state index in [0.29, 0.717) is 0 Å². The van der Waals surface area contributed by atoms with Gasteiger partial charge in [-0.3, -0.25) is 4.03 Å². The summed E-state index contributed by atoms with van der Waals surface area (Å²) in [5.74, 6) is -0.628. The van der Waals surface area contributed by atoms with Crippen molar-refractivity contribution in [1.82, 2.24) is 4.98 Å². The van der Waals surface area contributed by atoms with Crippen LogP contribution in [0.25, 0.3) is 0 Å². The van der Waals surface area contributed by atoms with E-state index in [9.17, 15) is 9.00 Å². The maximum Gasteiger partial charge on any atom is 0.340 e. The van der Waals surface area contributed by atoms with Crippen LogP contribution in [0.4, 0.5) is 0 Å². The number of pyridine rings is 1. The van der Waals surface area contributed by atoms with Crippen LogP contribution in [0.3, 0.4) is 0 Å². The van der Waals surface area contributed by atoms with Crippen molar-refractivity contribution in [1.29, 1.82) is 0 Å². The van der Waals surface area contributed by atoms with Crippen LogP contribution in [0, 0.1) is 0 Å². The predicted octanol–water partition coefficient (Wildman–Crippen LogP) is 3.85. The van der Waals surface area contributed by atoms with Crippen LogP contribution < -0.4 is 0 Å². The second-order valence-electron chi connectivity index (χ2n) is 6.21. The number of hydrogen-bond donors (Lipinski definition) is 0. The van der Waals surface area contributed by atoms with Gasteiger partial charge in [0, 0.05) is 16.9 Å². The van der Waals surface area contributed by atoms with Crippen molar-refractivity contribution in [3.8, 4) is 0 Å². The Kier molecular flexibility index (Phi) is 5.23. The van der Waals surface area contributed by atoms with Crippen molar-refractivity contribution in [3.63, 3.8) is 0 Å². The second-order valence-corrected chi connectivity index (χ2v) is 14.1. The zero-order chi connectivity index (χ0) is 16.5. The number of halogens is 1. The first-order valence-electron chi connectivity index (χ1n) is 6.43. The second kappa shape index (κ2) is 6.06. The van der Waals surface area contributed by atoms with Gasteiger partial charge in [-0.05, 0) is 30.3 Å². The van der Waals surface area contributed by atoms with Gasteiger partial charge in [0.1, 0.15) is 0 Å². The van der Waals surface area contributed by atoms with Crippen LogP contribution in [0.2, 0.25) is 18.1 Å². The van der Waals surface area contributed by atoms with E-state index in [-0.39, 0.29) is 15.6 Å². The van der Waals surface area contributed by atoms with Gasteiger partial charge < -0.3 is 4.74 Å². The molecule has 0 spiro atoms. The molecule has 0 N–H and O–H groups in total. The number of carbonyl (C=O) groups is 1. The Morgan fingerprint density at radius 1 is 1.43 bits per heavy atom. The van der Waals surface area contributed by atoms with E-state index in [0.717, 1.165) is 0 Å². The van der Waals surface area contributed by atoms with Crippen LogP contribution in [-0.2, 0) is 13.7 Å². The fourth-order valence-corrected chi connectivity index (χ4v) is 7.66. The predicted molar refractivity (Wildman–Crippen MR) is 87.5 cm³/mol. The van der Waals surface area contributed by atoms with Crippen LogP contribution in [0.5, 0.6) is 0 Å². The summed E-state index contributed by atoms with van der Waals surface area (Å²) >= 11 is 0. The number of methoxy groups -OCH3 is 1. The average Bonchev–Trinajstić information content (AvgIpc) is 2.35. The maximum atomic E-state index is 12.9. The van der Waals surface area contributed by atoms with Gasteiger partial charge in [0.15, 0.2) is 22.2 Å². The lowest BCUT2D eigenvalue weighted by molar-refractivity contribution is 0.0595. The third kappa shape index (κ3) is 4.05. The van der Waals surface area contributed by atoms with E-state index in [4.69, 9.17) is 10.7 Å². The highest BCUT2D eigenvalue weighted by Gasteiger charge is 2.38.